The number of carbonyl (C=O) groups excluding carboxylic acids is 2. The molecule has 1 aromatic heterocycles. The Balaban J connectivity index is 1.30. The molecule has 3 rings (SSSR count). The zero-order chi connectivity index (χ0) is 29.3. The third kappa shape index (κ3) is 11.6. The van der Waals surface area contributed by atoms with Crippen LogP contribution in [0.2, 0.25) is 0 Å². The van der Waals surface area contributed by atoms with E-state index in [2.05, 4.69) is 24.6 Å². The Morgan fingerprint density at radius 3 is 2.00 bits per heavy atom. The summed E-state index contributed by atoms with van der Waals surface area (Å²) in [7, 11) is 0. The first-order chi connectivity index (χ1) is 20.0. The summed E-state index contributed by atoms with van der Waals surface area (Å²) >= 11 is 0. The summed E-state index contributed by atoms with van der Waals surface area (Å²) in [5.41, 5.74) is 4.04. The molecule has 0 saturated carbocycles. The van der Waals surface area contributed by atoms with Crippen LogP contribution in [0.5, 0.6) is 11.5 Å². The first-order valence-electron chi connectivity index (χ1n) is 14.8. The number of hydrogen-bond acceptors (Lipinski definition) is 6. The summed E-state index contributed by atoms with van der Waals surface area (Å²) in [6.07, 6.45) is 12.8. The number of aromatic nitrogens is 1. The van der Waals surface area contributed by atoms with Crippen LogP contribution in [0.15, 0.2) is 79.0 Å². The van der Waals surface area contributed by atoms with Gasteiger partial charge in [0.05, 0.1) is 24.5 Å². The van der Waals surface area contributed by atoms with Crippen molar-refractivity contribution >= 4 is 11.9 Å². The van der Waals surface area contributed by atoms with Crippen LogP contribution in [-0.2, 0) is 16.0 Å². The van der Waals surface area contributed by atoms with E-state index in [1.807, 2.05) is 24.4 Å². The minimum atomic E-state index is -0.406. The highest BCUT2D eigenvalue weighted by Crippen LogP contribution is 2.22. The number of nitrogens with zero attached hydrogens (tertiary/aromatic N) is 1. The van der Waals surface area contributed by atoms with Crippen LogP contribution in [0.3, 0.4) is 0 Å². The van der Waals surface area contributed by atoms with Gasteiger partial charge in [-0.1, -0.05) is 58.1 Å². The molecule has 0 amide bonds. The second kappa shape index (κ2) is 17.7. The van der Waals surface area contributed by atoms with Crippen molar-refractivity contribution in [1.29, 1.82) is 0 Å². The van der Waals surface area contributed by atoms with Crippen LogP contribution in [0.25, 0.3) is 11.3 Å². The second-order valence-electron chi connectivity index (χ2n) is 10.3. The Morgan fingerprint density at radius 2 is 1.39 bits per heavy atom. The summed E-state index contributed by atoms with van der Waals surface area (Å²) in [5, 5.41) is 0. The zero-order valence-corrected chi connectivity index (χ0v) is 24.5. The fourth-order valence-corrected chi connectivity index (χ4v) is 4.24. The van der Waals surface area contributed by atoms with Crippen LogP contribution in [-0.4, -0.2) is 30.1 Å². The van der Waals surface area contributed by atoms with E-state index in [1.54, 1.807) is 43.3 Å². The third-order valence-electron chi connectivity index (χ3n) is 6.73. The molecule has 6 heteroatoms. The standard InChI is InChI=1S/C35H43NO5/c1-4-5-13-28-14-23-33(36-26-28)29-15-21-32(22-16-29)41-35(38)30-17-19-31(20-18-30)39-24-11-9-7-6-8-10-12-25-40-34(37)27(2)3/h14-23,26H,2,4-13,24-25H2,1,3H3. The number of hydrogen-bond donors (Lipinski definition) is 0. The lowest BCUT2D eigenvalue weighted by Gasteiger charge is -2.08. The van der Waals surface area contributed by atoms with Crippen molar-refractivity contribution in [3.05, 3.63) is 90.1 Å². The normalized spacial score (nSPS) is 10.7. The van der Waals surface area contributed by atoms with Gasteiger partial charge in [0.2, 0.25) is 0 Å². The molecule has 0 bridgehead atoms. The average molecular weight is 558 g/mol. The third-order valence-corrected chi connectivity index (χ3v) is 6.73. The zero-order valence-electron chi connectivity index (χ0n) is 24.5. The predicted octanol–water partition coefficient (Wildman–Crippen LogP) is 8.54. The molecule has 0 aliphatic carbocycles. The van der Waals surface area contributed by atoms with Crippen LogP contribution < -0.4 is 9.47 Å². The maximum Gasteiger partial charge on any atom is 0.343 e. The molecule has 218 valence electrons. The Labute approximate surface area is 244 Å². The molecule has 0 radical (unpaired) electrons. The van der Waals surface area contributed by atoms with Gasteiger partial charge in [0, 0.05) is 17.3 Å². The van der Waals surface area contributed by atoms with E-state index >= 15 is 0 Å². The summed E-state index contributed by atoms with van der Waals surface area (Å²) in [5.74, 6) is 0.517. The van der Waals surface area contributed by atoms with E-state index in [-0.39, 0.29) is 5.97 Å². The quantitative estimate of drug-likeness (QED) is 0.0675. The van der Waals surface area contributed by atoms with Crippen molar-refractivity contribution in [1.82, 2.24) is 4.98 Å². The topological polar surface area (TPSA) is 74.7 Å². The average Bonchev–Trinajstić information content (AvgIpc) is 2.99. The molecular formula is C35H43NO5. The van der Waals surface area contributed by atoms with Crippen LogP contribution in [0, 0.1) is 0 Å². The molecule has 0 spiro atoms. The molecule has 0 saturated heterocycles. The van der Waals surface area contributed by atoms with Crippen LogP contribution >= 0.6 is 0 Å². The van der Waals surface area contributed by atoms with Crippen LogP contribution in [0.1, 0.15) is 87.6 Å². The molecule has 41 heavy (non-hydrogen) atoms. The van der Waals surface area contributed by atoms with E-state index in [1.165, 1.54) is 18.4 Å². The Morgan fingerprint density at radius 1 is 0.756 bits per heavy atom. The Bertz CT molecular complexity index is 1220. The molecule has 1 heterocycles. The van der Waals surface area contributed by atoms with E-state index in [0.29, 0.717) is 30.1 Å². The lowest BCUT2D eigenvalue weighted by Crippen LogP contribution is -2.08. The summed E-state index contributed by atoms with van der Waals surface area (Å²) in [6.45, 7) is 8.53. The number of benzene rings is 2. The van der Waals surface area contributed by atoms with Crippen molar-refractivity contribution < 1.29 is 23.8 Å². The number of unbranched alkanes of at least 4 members (excludes halogenated alkanes) is 7. The van der Waals surface area contributed by atoms with E-state index in [9.17, 15) is 9.59 Å². The van der Waals surface area contributed by atoms with E-state index < -0.39 is 5.97 Å². The SMILES string of the molecule is C=C(C)C(=O)OCCCCCCCCCOc1ccc(C(=O)Oc2ccc(-c3ccc(CCCC)cn3)cc2)cc1. The van der Waals surface area contributed by atoms with Crippen molar-refractivity contribution in [3.8, 4) is 22.8 Å². The monoisotopic (exact) mass is 557 g/mol. The fourth-order valence-electron chi connectivity index (χ4n) is 4.24. The Kier molecular flexibility index (Phi) is 13.6. The van der Waals surface area contributed by atoms with E-state index in [0.717, 1.165) is 68.4 Å². The first-order valence-corrected chi connectivity index (χ1v) is 14.8. The van der Waals surface area contributed by atoms with Gasteiger partial charge < -0.3 is 14.2 Å². The lowest BCUT2D eigenvalue weighted by atomic mass is 10.1. The van der Waals surface area contributed by atoms with E-state index in [4.69, 9.17) is 14.2 Å². The number of aryl methyl sites for hydroxylation is 1. The van der Waals surface area contributed by atoms with Gasteiger partial charge in [-0.15, -0.1) is 0 Å². The van der Waals surface area contributed by atoms with Gasteiger partial charge in [-0.25, -0.2) is 9.59 Å². The largest absolute Gasteiger partial charge is 0.494 e. The van der Waals surface area contributed by atoms with Gasteiger partial charge in [0.1, 0.15) is 11.5 Å². The lowest BCUT2D eigenvalue weighted by molar-refractivity contribution is -0.139. The van der Waals surface area contributed by atoms with Crippen molar-refractivity contribution in [3.63, 3.8) is 0 Å². The number of ether oxygens (including phenoxy) is 3. The van der Waals surface area contributed by atoms with Gasteiger partial charge in [-0.2, -0.15) is 0 Å². The summed E-state index contributed by atoms with van der Waals surface area (Å²) in [4.78, 5) is 28.5. The predicted molar refractivity (Wildman–Crippen MR) is 163 cm³/mol. The Hall–Kier alpha value is -3.93. The molecular weight excluding hydrogens is 514 g/mol. The van der Waals surface area contributed by atoms with Gasteiger partial charge >= 0.3 is 11.9 Å². The van der Waals surface area contributed by atoms with Crippen molar-refractivity contribution in [2.75, 3.05) is 13.2 Å². The van der Waals surface area contributed by atoms with Gasteiger partial charge in [-0.05, 0) is 92.8 Å². The number of esters is 2. The smallest absolute Gasteiger partial charge is 0.343 e. The molecule has 0 fully saturated rings. The molecule has 2 aromatic carbocycles. The minimum Gasteiger partial charge on any atom is -0.494 e. The number of pyridine rings is 1. The van der Waals surface area contributed by atoms with Gasteiger partial charge in [0.15, 0.2) is 0 Å². The summed E-state index contributed by atoms with van der Waals surface area (Å²) < 4.78 is 16.5. The maximum atomic E-state index is 12.6. The number of rotatable bonds is 18. The van der Waals surface area contributed by atoms with Crippen LogP contribution in [0.4, 0.5) is 0 Å². The van der Waals surface area contributed by atoms with Crippen molar-refractivity contribution in [2.24, 2.45) is 0 Å². The number of carbonyl (C=O) groups is 2. The molecule has 0 aliphatic rings. The highest BCUT2D eigenvalue weighted by atomic mass is 16.5. The fraction of sp³-hybridized carbons (Fsp3) is 0.400. The summed E-state index contributed by atoms with van der Waals surface area (Å²) in [6, 6.07) is 18.6. The van der Waals surface area contributed by atoms with Gasteiger partial charge in [-0.3, -0.25) is 4.98 Å². The molecule has 0 N–H and O–H groups in total. The van der Waals surface area contributed by atoms with Gasteiger partial charge in [0.25, 0.3) is 0 Å². The molecule has 0 atom stereocenters. The second-order valence-corrected chi connectivity index (χ2v) is 10.3. The molecule has 6 nitrogen and oxygen atoms in total. The highest BCUT2D eigenvalue weighted by Gasteiger charge is 2.10. The molecule has 0 unspecified atom stereocenters. The minimum absolute atomic E-state index is 0.307. The highest BCUT2D eigenvalue weighted by molar-refractivity contribution is 5.91. The molecule has 3 aromatic rings. The maximum absolute atomic E-state index is 12.6. The first kappa shape index (κ1) is 31.6. The van der Waals surface area contributed by atoms with Crippen molar-refractivity contribution in [2.45, 2.75) is 78.1 Å². The molecule has 0 aliphatic heterocycles.